The lowest BCUT2D eigenvalue weighted by Crippen LogP contribution is -2.15. The fourth-order valence-corrected chi connectivity index (χ4v) is 1.82. The van der Waals surface area contributed by atoms with Crippen LogP contribution in [0.3, 0.4) is 0 Å². The van der Waals surface area contributed by atoms with Gasteiger partial charge in [-0.05, 0) is 29.8 Å². The number of amides is 1. The van der Waals surface area contributed by atoms with Crippen molar-refractivity contribution in [3.8, 4) is 0 Å². The molecule has 7 heteroatoms. The molecule has 0 spiro atoms. The standard InChI is InChI=1S/C14H10ClF3N2O/c15-11-2-1-7-19-13(11)20-12(21)8-9-3-5-10(6-4-9)14(16,17)18/h1-7H,8H2,(H,19,20,21). The van der Waals surface area contributed by atoms with E-state index in [0.717, 1.165) is 12.1 Å². The van der Waals surface area contributed by atoms with E-state index in [1.807, 2.05) is 0 Å². The average molecular weight is 315 g/mol. The van der Waals surface area contributed by atoms with Gasteiger partial charge in [-0.2, -0.15) is 13.2 Å². The SMILES string of the molecule is O=C(Cc1ccc(C(F)(F)F)cc1)Nc1ncccc1Cl. The van der Waals surface area contributed by atoms with Crippen molar-refractivity contribution in [3.63, 3.8) is 0 Å². The topological polar surface area (TPSA) is 42.0 Å². The Morgan fingerprint density at radius 2 is 1.86 bits per heavy atom. The van der Waals surface area contributed by atoms with Crippen molar-refractivity contribution >= 4 is 23.3 Å². The van der Waals surface area contributed by atoms with E-state index >= 15 is 0 Å². The third-order valence-corrected chi connectivity index (χ3v) is 2.97. The molecule has 2 aromatic rings. The number of hydrogen-bond donors (Lipinski definition) is 1. The highest BCUT2D eigenvalue weighted by Gasteiger charge is 2.29. The minimum absolute atomic E-state index is 0.0644. The number of alkyl halides is 3. The zero-order chi connectivity index (χ0) is 15.5. The molecule has 0 fully saturated rings. The molecule has 21 heavy (non-hydrogen) atoms. The second kappa shape index (κ2) is 6.13. The molecule has 0 unspecified atom stereocenters. The largest absolute Gasteiger partial charge is 0.416 e. The second-order valence-corrected chi connectivity index (χ2v) is 4.66. The highest BCUT2D eigenvalue weighted by Crippen LogP contribution is 2.29. The van der Waals surface area contributed by atoms with E-state index in [1.165, 1.54) is 18.3 Å². The number of nitrogens with zero attached hydrogens (tertiary/aromatic N) is 1. The molecule has 1 amide bonds. The molecule has 3 nitrogen and oxygen atoms in total. The van der Waals surface area contributed by atoms with Crippen LogP contribution in [0.1, 0.15) is 11.1 Å². The summed E-state index contributed by atoms with van der Waals surface area (Å²) in [6.45, 7) is 0. The van der Waals surface area contributed by atoms with E-state index in [2.05, 4.69) is 10.3 Å². The van der Waals surface area contributed by atoms with Crippen LogP contribution in [0.2, 0.25) is 5.02 Å². The monoisotopic (exact) mass is 314 g/mol. The van der Waals surface area contributed by atoms with Crippen molar-refractivity contribution in [2.45, 2.75) is 12.6 Å². The molecule has 0 radical (unpaired) electrons. The maximum absolute atomic E-state index is 12.4. The summed E-state index contributed by atoms with van der Waals surface area (Å²) in [4.78, 5) is 15.7. The molecule has 0 aliphatic carbocycles. The van der Waals surface area contributed by atoms with E-state index in [4.69, 9.17) is 11.6 Å². The van der Waals surface area contributed by atoms with E-state index in [-0.39, 0.29) is 12.2 Å². The van der Waals surface area contributed by atoms with Gasteiger partial charge in [-0.15, -0.1) is 0 Å². The molecule has 0 atom stereocenters. The van der Waals surface area contributed by atoms with Crippen molar-refractivity contribution in [2.75, 3.05) is 5.32 Å². The summed E-state index contributed by atoms with van der Waals surface area (Å²) >= 11 is 5.84. The summed E-state index contributed by atoms with van der Waals surface area (Å²) in [5.41, 5.74) is -0.285. The number of hydrogen-bond acceptors (Lipinski definition) is 2. The zero-order valence-corrected chi connectivity index (χ0v) is 11.4. The summed E-state index contributed by atoms with van der Waals surface area (Å²) in [6.07, 6.45) is -2.98. The normalized spacial score (nSPS) is 11.2. The van der Waals surface area contributed by atoms with Crippen LogP contribution in [0, 0.1) is 0 Å². The molecule has 2 rings (SSSR count). The first-order chi connectivity index (χ1) is 9.86. The third kappa shape index (κ3) is 4.19. The van der Waals surface area contributed by atoms with Crippen molar-refractivity contribution < 1.29 is 18.0 Å². The maximum atomic E-state index is 12.4. The number of anilines is 1. The lowest BCUT2D eigenvalue weighted by molar-refractivity contribution is -0.137. The van der Waals surface area contributed by atoms with E-state index in [1.54, 1.807) is 12.1 Å². The first-order valence-corrected chi connectivity index (χ1v) is 6.30. The summed E-state index contributed by atoms with van der Waals surface area (Å²) in [5.74, 6) is -0.188. The van der Waals surface area contributed by atoms with Gasteiger partial charge < -0.3 is 5.32 Å². The molecule has 0 aliphatic heterocycles. The molecule has 110 valence electrons. The van der Waals surface area contributed by atoms with Crippen LogP contribution in [0.25, 0.3) is 0 Å². The minimum Gasteiger partial charge on any atom is -0.309 e. The van der Waals surface area contributed by atoms with Gasteiger partial charge in [0.05, 0.1) is 17.0 Å². The Kier molecular flexibility index (Phi) is 4.47. The molecule has 1 heterocycles. The Balaban J connectivity index is 2.02. The minimum atomic E-state index is -4.39. The Morgan fingerprint density at radius 3 is 2.43 bits per heavy atom. The molecule has 1 aromatic carbocycles. The van der Waals surface area contributed by atoms with E-state index in [9.17, 15) is 18.0 Å². The van der Waals surface area contributed by atoms with Crippen LogP contribution in [0.4, 0.5) is 19.0 Å². The predicted molar refractivity (Wildman–Crippen MR) is 73.0 cm³/mol. The summed E-state index contributed by atoms with van der Waals surface area (Å²) in [5, 5.41) is 2.79. The van der Waals surface area contributed by atoms with Crippen LogP contribution in [-0.2, 0) is 17.4 Å². The summed E-state index contributed by atoms with van der Waals surface area (Å²) in [6, 6.07) is 7.60. The van der Waals surface area contributed by atoms with Crippen molar-refractivity contribution in [2.24, 2.45) is 0 Å². The van der Waals surface area contributed by atoms with Crippen molar-refractivity contribution in [1.82, 2.24) is 4.98 Å². The Labute approximate surface area is 123 Å². The second-order valence-electron chi connectivity index (χ2n) is 4.25. The predicted octanol–water partition coefficient (Wildman–Crippen LogP) is 3.94. The molecule has 0 saturated heterocycles. The van der Waals surface area contributed by atoms with Gasteiger partial charge in [0.2, 0.25) is 5.91 Å². The van der Waals surface area contributed by atoms with Crippen LogP contribution >= 0.6 is 11.6 Å². The molecule has 0 bridgehead atoms. The average Bonchev–Trinajstić information content (AvgIpc) is 2.41. The van der Waals surface area contributed by atoms with Crippen LogP contribution in [0.5, 0.6) is 0 Å². The molecule has 1 aromatic heterocycles. The number of aromatic nitrogens is 1. The van der Waals surface area contributed by atoms with Gasteiger partial charge in [0, 0.05) is 6.20 Å². The quantitative estimate of drug-likeness (QED) is 0.932. The highest BCUT2D eigenvalue weighted by atomic mass is 35.5. The molecule has 0 aliphatic rings. The number of halogens is 4. The molecular weight excluding hydrogens is 305 g/mol. The zero-order valence-electron chi connectivity index (χ0n) is 10.6. The van der Waals surface area contributed by atoms with Crippen LogP contribution in [-0.4, -0.2) is 10.9 Å². The Hall–Kier alpha value is -2.08. The maximum Gasteiger partial charge on any atom is 0.416 e. The smallest absolute Gasteiger partial charge is 0.309 e. The van der Waals surface area contributed by atoms with Gasteiger partial charge in [0.15, 0.2) is 5.82 Å². The molecular formula is C14H10ClF3N2O. The van der Waals surface area contributed by atoms with Crippen LogP contribution in [0.15, 0.2) is 42.6 Å². The number of nitrogens with one attached hydrogen (secondary N) is 1. The molecule has 1 N–H and O–H groups in total. The van der Waals surface area contributed by atoms with E-state index in [0.29, 0.717) is 10.6 Å². The number of carbonyl (C=O) groups is 1. The van der Waals surface area contributed by atoms with Crippen molar-refractivity contribution in [3.05, 3.63) is 58.7 Å². The van der Waals surface area contributed by atoms with Gasteiger partial charge >= 0.3 is 6.18 Å². The first kappa shape index (κ1) is 15.3. The lowest BCUT2D eigenvalue weighted by atomic mass is 10.1. The van der Waals surface area contributed by atoms with Gasteiger partial charge in [-0.25, -0.2) is 4.98 Å². The molecule has 0 saturated carbocycles. The summed E-state index contributed by atoms with van der Waals surface area (Å²) in [7, 11) is 0. The fourth-order valence-electron chi connectivity index (χ4n) is 1.65. The number of benzene rings is 1. The van der Waals surface area contributed by atoms with Gasteiger partial charge in [-0.1, -0.05) is 23.7 Å². The number of rotatable bonds is 3. The van der Waals surface area contributed by atoms with E-state index < -0.39 is 17.6 Å². The van der Waals surface area contributed by atoms with Crippen LogP contribution < -0.4 is 5.32 Å². The number of pyridine rings is 1. The van der Waals surface area contributed by atoms with Gasteiger partial charge in [0.1, 0.15) is 0 Å². The Morgan fingerprint density at radius 1 is 1.19 bits per heavy atom. The fraction of sp³-hybridized carbons (Fsp3) is 0.143. The van der Waals surface area contributed by atoms with Gasteiger partial charge in [-0.3, -0.25) is 4.79 Å². The third-order valence-electron chi connectivity index (χ3n) is 2.66. The summed E-state index contributed by atoms with van der Waals surface area (Å²) < 4.78 is 37.2. The lowest BCUT2D eigenvalue weighted by Gasteiger charge is -2.08. The van der Waals surface area contributed by atoms with Crippen molar-refractivity contribution in [1.29, 1.82) is 0 Å². The van der Waals surface area contributed by atoms with Gasteiger partial charge in [0.25, 0.3) is 0 Å². The number of carbonyl (C=O) groups excluding carboxylic acids is 1. The first-order valence-electron chi connectivity index (χ1n) is 5.93. The highest BCUT2D eigenvalue weighted by molar-refractivity contribution is 6.33. The Bertz CT molecular complexity index is 641.